The monoisotopic (exact) mass is 856 g/mol. The van der Waals surface area contributed by atoms with Crippen LogP contribution in [-0.4, -0.2) is 0 Å². The van der Waals surface area contributed by atoms with Crippen LogP contribution >= 0.6 is 0 Å². The van der Waals surface area contributed by atoms with Crippen LogP contribution in [0.4, 0.5) is 17.1 Å². The zero-order chi connectivity index (χ0) is 58.7. The summed E-state index contributed by atoms with van der Waals surface area (Å²) in [5.74, 6) is 0. The molecule has 0 atom stereocenters. The molecular formula is C65H45N. The van der Waals surface area contributed by atoms with Crippen molar-refractivity contribution in [3.63, 3.8) is 0 Å². The Balaban J connectivity index is 1.15. The van der Waals surface area contributed by atoms with Gasteiger partial charge in [-0.2, -0.15) is 0 Å². The van der Waals surface area contributed by atoms with Crippen molar-refractivity contribution in [1.82, 2.24) is 0 Å². The lowest BCUT2D eigenvalue weighted by atomic mass is 9.68. The molecule has 1 aliphatic carbocycles. The molecule has 0 N–H and O–H groups in total. The van der Waals surface area contributed by atoms with E-state index in [1.54, 1.807) is 30.3 Å². The van der Waals surface area contributed by atoms with Gasteiger partial charge in [0.2, 0.25) is 0 Å². The zero-order valence-electron chi connectivity index (χ0n) is 52.1. The predicted octanol–water partition coefficient (Wildman–Crippen LogP) is 17.3. The molecule has 0 spiro atoms. The summed E-state index contributed by atoms with van der Waals surface area (Å²) < 4.78 is 158. The molecule has 0 aliphatic heterocycles. The first-order valence-electron chi connectivity index (χ1n) is 30.0. The zero-order valence-corrected chi connectivity index (χ0v) is 35.1. The van der Waals surface area contributed by atoms with E-state index in [0.717, 1.165) is 38.6 Å². The maximum atomic E-state index is 10.1. The number of rotatable bonds is 9. The van der Waals surface area contributed by atoms with Gasteiger partial charge in [-0.15, -0.1) is 0 Å². The quantitative estimate of drug-likeness (QED) is 0.140. The standard InChI is InChI=1S/C65H45N/c1-4-17-46(18-5-1)47-33-35-48(36-34-47)49-37-41-56(42-38-49)66(57-43-39-50(40-44-57)52-21-14-22-53(45-52)59-29-15-20-51-19-10-11-27-58(51)59)63-32-16-31-62-64(63)60-28-12-13-30-61(60)65(62,54-23-6-2-7-24-54)55-25-8-3-9-26-55/h1-45H/i1D,4D,5D,17D,18D,33D,34D,35D,36D,37D,38D,39D,40D,41D,42D,43D,44D. The van der Waals surface area contributed by atoms with Crippen molar-refractivity contribution in [1.29, 1.82) is 0 Å². The van der Waals surface area contributed by atoms with Gasteiger partial charge in [-0.1, -0.05) is 236 Å². The van der Waals surface area contributed by atoms with Gasteiger partial charge in [0.05, 0.1) is 34.4 Å². The summed E-state index contributed by atoms with van der Waals surface area (Å²) in [7, 11) is 0. The van der Waals surface area contributed by atoms with Crippen LogP contribution in [0.15, 0.2) is 273 Å². The number of benzene rings is 11. The minimum absolute atomic E-state index is 0.0353. The molecule has 0 heterocycles. The maximum Gasteiger partial charge on any atom is 0.0714 e. The van der Waals surface area contributed by atoms with E-state index in [1.807, 2.05) is 140 Å². The van der Waals surface area contributed by atoms with Crippen molar-refractivity contribution < 1.29 is 23.3 Å². The third-order valence-corrected chi connectivity index (χ3v) is 12.2. The van der Waals surface area contributed by atoms with Gasteiger partial charge in [0, 0.05) is 16.9 Å². The van der Waals surface area contributed by atoms with Gasteiger partial charge in [0.15, 0.2) is 0 Å². The third-order valence-electron chi connectivity index (χ3n) is 12.2. The van der Waals surface area contributed by atoms with Crippen molar-refractivity contribution in [2.24, 2.45) is 0 Å². The van der Waals surface area contributed by atoms with Crippen LogP contribution < -0.4 is 4.90 Å². The summed E-state index contributed by atoms with van der Waals surface area (Å²) in [5, 5.41) is 1.96. The second-order valence-electron chi connectivity index (χ2n) is 15.9. The van der Waals surface area contributed by atoms with Crippen LogP contribution in [0.1, 0.15) is 45.6 Å². The smallest absolute Gasteiger partial charge is 0.0714 e. The maximum absolute atomic E-state index is 10.1. The van der Waals surface area contributed by atoms with Crippen LogP contribution in [-0.2, 0) is 5.41 Å². The molecule has 0 saturated carbocycles. The molecule has 0 fully saturated rings. The van der Waals surface area contributed by atoms with Crippen LogP contribution in [0.25, 0.3) is 66.4 Å². The Bertz CT molecular complexity index is 4380. The first-order chi connectivity index (χ1) is 39.8. The van der Waals surface area contributed by atoms with Crippen LogP contribution in [0.3, 0.4) is 0 Å². The van der Waals surface area contributed by atoms with E-state index in [0.29, 0.717) is 22.3 Å². The number of hydrogen-bond donors (Lipinski definition) is 0. The Morgan fingerprint density at radius 3 is 1.47 bits per heavy atom. The highest BCUT2D eigenvalue weighted by molar-refractivity contribution is 5.99. The summed E-state index contributed by atoms with van der Waals surface area (Å²) >= 11 is 0. The van der Waals surface area contributed by atoms with Gasteiger partial charge >= 0.3 is 0 Å². The largest absolute Gasteiger partial charge is 0.310 e. The normalized spacial score (nSPS) is 16.0. The van der Waals surface area contributed by atoms with E-state index in [-0.39, 0.29) is 11.3 Å². The molecule has 0 unspecified atom stereocenters. The summed E-state index contributed by atoms with van der Waals surface area (Å²) in [4.78, 5) is 1.24. The molecule has 11 aromatic carbocycles. The van der Waals surface area contributed by atoms with Crippen molar-refractivity contribution in [3.05, 3.63) is 295 Å². The van der Waals surface area contributed by atoms with Crippen molar-refractivity contribution >= 4 is 27.8 Å². The summed E-state index contributed by atoms with van der Waals surface area (Å²) in [6.45, 7) is 0. The molecule has 11 aromatic rings. The fourth-order valence-corrected chi connectivity index (χ4v) is 9.37. The van der Waals surface area contributed by atoms with E-state index in [1.165, 1.54) is 4.90 Å². The Morgan fingerprint density at radius 2 is 0.803 bits per heavy atom. The van der Waals surface area contributed by atoms with Gasteiger partial charge in [-0.25, -0.2) is 0 Å². The number of nitrogens with zero attached hydrogens (tertiary/aromatic N) is 1. The molecule has 0 aromatic heterocycles. The van der Waals surface area contributed by atoms with E-state index >= 15 is 0 Å². The Morgan fingerprint density at radius 1 is 0.333 bits per heavy atom. The molecule has 1 heteroatoms. The molecule has 0 bridgehead atoms. The second-order valence-corrected chi connectivity index (χ2v) is 15.9. The van der Waals surface area contributed by atoms with E-state index in [9.17, 15) is 13.7 Å². The van der Waals surface area contributed by atoms with Gasteiger partial charge in [-0.05, 0) is 119 Å². The van der Waals surface area contributed by atoms with Crippen LogP contribution in [0.5, 0.6) is 0 Å². The molecule has 310 valence electrons. The highest BCUT2D eigenvalue weighted by atomic mass is 15.1. The van der Waals surface area contributed by atoms with Gasteiger partial charge in [-0.3, -0.25) is 0 Å². The lowest BCUT2D eigenvalue weighted by Gasteiger charge is -2.34. The predicted molar refractivity (Wildman–Crippen MR) is 278 cm³/mol. The van der Waals surface area contributed by atoms with E-state index < -0.39 is 142 Å². The fourth-order valence-electron chi connectivity index (χ4n) is 9.37. The van der Waals surface area contributed by atoms with Crippen LogP contribution in [0, 0.1) is 0 Å². The average molecular weight is 857 g/mol. The lowest BCUT2D eigenvalue weighted by molar-refractivity contribution is 0.768. The highest BCUT2D eigenvalue weighted by Gasteiger charge is 2.47. The van der Waals surface area contributed by atoms with Crippen LogP contribution in [0.2, 0.25) is 0 Å². The molecule has 0 radical (unpaired) electrons. The lowest BCUT2D eigenvalue weighted by Crippen LogP contribution is -2.28. The topological polar surface area (TPSA) is 3.24 Å². The minimum Gasteiger partial charge on any atom is -0.310 e. The summed E-state index contributed by atoms with van der Waals surface area (Å²) in [6.07, 6.45) is 0. The number of anilines is 3. The molecule has 1 nitrogen and oxygen atoms in total. The molecule has 0 saturated heterocycles. The second kappa shape index (κ2) is 16.6. The van der Waals surface area contributed by atoms with Crippen molar-refractivity contribution in [3.8, 4) is 55.6 Å². The first kappa shape index (κ1) is 25.1. The average Bonchev–Trinajstić information content (AvgIpc) is 1.67. The highest BCUT2D eigenvalue weighted by Crippen LogP contribution is 2.59. The molecule has 0 amide bonds. The van der Waals surface area contributed by atoms with Crippen molar-refractivity contribution in [2.45, 2.75) is 5.41 Å². The minimum atomic E-state index is -1.03. The Labute approximate surface area is 411 Å². The first-order valence-corrected chi connectivity index (χ1v) is 21.5. The van der Waals surface area contributed by atoms with Gasteiger partial charge in [0.1, 0.15) is 0 Å². The molecular weight excluding hydrogens is 795 g/mol. The number of fused-ring (bicyclic) bond motifs is 4. The summed E-state index contributed by atoms with van der Waals surface area (Å²) in [6, 6.07) is 40.9. The Hall–Kier alpha value is -8.52. The van der Waals surface area contributed by atoms with Gasteiger partial charge in [0.25, 0.3) is 0 Å². The van der Waals surface area contributed by atoms with Crippen molar-refractivity contribution in [2.75, 3.05) is 4.90 Å². The Kier molecular flexibility index (Phi) is 6.29. The third kappa shape index (κ3) is 6.64. The number of hydrogen-bond acceptors (Lipinski definition) is 1. The fraction of sp³-hybridized carbons (Fsp3) is 0.0154. The molecule has 66 heavy (non-hydrogen) atoms. The SMILES string of the molecule is [2H]c1c([2H])c([2H])c(-c2c([2H])c([2H])c(-c3c([2H])c([2H])c(N(c4cccc5c4-c4ccccc4C5(c4ccccc4)c4ccccc4)c4c([2H])c([2H])c(-c5cccc(-c6cccc7ccccc67)c5)c([2H])c4[2H])c([2H])c3[2H])c([2H])c2[2H])c([2H])c1[2H]. The van der Waals surface area contributed by atoms with Gasteiger partial charge < -0.3 is 4.90 Å². The summed E-state index contributed by atoms with van der Waals surface area (Å²) in [5.41, 5.74) is 2.12. The molecule has 12 rings (SSSR count). The van der Waals surface area contributed by atoms with E-state index in [2.05, 4.69) is 0 Å². The molecule has 1 aliphatic rings. The van der Waals surface area contributed by atoms with E-state index in [4.69, 9.17) is 9.60 Å².